The summed E-state index contributed by atoms with van der Waals surface area (Å²) in [7, 11) is 0. The molecule has 1 unspecified atom stereocenters. The molecule has 0 saturated carbocycles. The number of rotatable bonds is 4. The van der Waals surface area contributed by atoms with E-state index >= 15 is 0 Å². The molecule has 0 radical (unpaired) electrons. The quantitative estimate of drug-likeness (QED) is 0.749. The zero-order valence-electron chi connectivity index (χ0n) is 10.6. The second-order valence-electron chi connectivity index (χ2n) is 4.12. The summed E-state index contributed by atoms with van der Waals surface area (Å²) in [6.07, 6.45) is 2.90. The van der Waals surface area contributed by atoms with E-state index in [1.54, 1.807) is 6.08 Å². The van der Waals surface area contributed by atoms with Crippen molar-refractivity contribution in [2.75, 3.05) is 6.54 Å². The highest BCUT2D eigenvalue weighted by Crippen LogP contribution is 2.18. The van der Waals surface area contributed by atoms with Crippen LogP contribution in [0.4, 0.5) is 0 Å². The first kappa shape index (κ1) is 14.8. The van der Waals surface area contributed by atoms with Crippen molar-refractivity contribution in [3.63, 3.8) is 0 Å². The van der Waals surface area contributed by atoms with Crippen LogP contribution in [0.2, 0.25) is 0 Å². The summed E-state index contributed by atoms with van der Waals surface area (Å²) in [4.78, 5) is 14.8. The summed E-state index contributed by atoms with van der Waals surface area (Å²) < 4.78 is 0. The van der Waals surface area contributed by atoms with Crippen molar-refractivity contribution in [3.8, 4) is 0 Å². The lowest BCUT2D eigenvalue weighted by molar-refractivity contribution is -0.0214. The highest BCUT2D eigenvalue weighted by molar-refractivity contribution is 5.27. The molecule has 0 aromatic carbocycles. The molecule has 1 rings (SSSR count). The lowest BCUT2D eigenvalue weighted by Gasteiger charge is -2.29. The Balaban J connectivity index is 0.000000385. The van der Waals surface area contributed by atoms with E-state index in [-0.39, 0.29) is 12.6 Å². The summed E-state index contributed by atoms with van der Waals surface area (Å²) in [6.45, 7) is 12.3. The van der Waals surface area contributed by atoms with Gasteiger partial charge in [0.2, 0.25) is 0 Å². The lowest BCUT2D eigenvalue weighted by atomic mass is 10.1. The van der Waals surface area contributed by atoms with Gasteiger partial charge < -0.3 is 4.84 Å². The first-order chi connectivity index (χ1) is 7.56. The van der Waals surface area contributed by atoms with E-state index in [0.29, 0.717) is 0 Å². The monoisotopic (exact) mass is 226 g/mol. The summed E-state index contributed by atoms with van der Waals surface area (Å²) in [5, 5.41) is 2.76. The van der Waals surface area contributed by atoms with Gasteiger partial charge in [-0.25, -0.2) is 0 Å². The van der Waals surface area contributed by atoms with Crippen LogP contribution in [0, 0.1) is 10.8 Å². The maximum atomic E-state index is 9.92. The van der Waals surface area contributed by atoms with E-state index in [1.807, 2.05) is 6.92 Å². The van der Waals surface area contributed by atoms with Crippen molar-refractivity contribution in [2.24, 2.45) is 11.1 Å². The van der Waals surface area contributed by atoms with Gasteiger partial charge in [0.15, 0.2) is 0 Å². The molecule has 0 spiro atoms. The van der Waals surface area contributed by atoms with Gasteiger partial charge in [-0.3, -0.25) is 0 Å². The molecular formula is C12H22N2O2. The summed E-state index contributed by atoms with van der Waals surface area (Å²) in [5.74, 6) is 1.65. The predicted octanol–water partition coefficient (Wildman–Crippen LogP) is 3.17. The summed E-state index contributed by atoms with van der Waals surface area (Å²) in [5.41, 5.74) is 3.44. The average Bonchev–Trinajstić information content (AvgIpc) is 2.27. The van der Waals surface area contributed by atoms with Gasteiger partial charge in [0, 0.05) is 5.57 Å². The second kappa shape index (κ2) is 8.05. The highest BCUT2D eigenvalue weighted by Gasteiger charge is 2.24. The molecule has 1 atom stereocenters. The third-order valence-corrected chi connectivity index (χ3v) is 2.35. The van der Waals surface area contributed by atoms with Gasteiger partial charge in [0.25, 0.3) is 0 Å². The van der Waals surface area contributed by atoms with E-state index in [0.717, 1.165) is 17.3 Å². The molecular weight excluding hydrogens is 204 g/mol. The van der Waals surface area contributed by atoms with Crippen LogP contribution in [0.15, 0.2) is 29.2 Å². The highest BCUT2D eigenvalue weighted by atomic mass is 16.7. The number of hydrogen-bond donors (Lipinski definition) is 1. The molecule has 92 valence electrons. The fourth-order valence-electron chi connectivity index (χ4n) is 0.892. The summed E-state index contributed by atoms with van der Waals surface area (Å²) in [6, 6.07) is 0.171. The molecule has 0 bridgehead atoms. The van der Waals surface area contributed by atoms with Crippen LogP contribution in [0.3, 0.4) is 0 Å². The molecule has 1 aliphatic heterocycles. The molecule has 0 aliphatic carbocycles. The fourth-order valence-corrected chi connectivity index (χ4v) is 0.892. The number of nitrogens with one attached hydrogen (secondary N) is 1. The molecule has 1 N–H and O–H groups in total. The molecule has 0 amide bonds. The third-order valence-electron chi connectivity index (χ3n) is 2.35. The SMILES string of the molecule is C=C/C(CN=O)=C1\ONC1C.CCC(C)C. The largest absolute Gasteiger partial charge is 0.410 e. The molecule has 1 aliphatic rings. The first-order valence-corrected chi connectivity index (χ1v) is 5.63. The zero-order valence-corrected chi connectivity index (χ0v) is 10.6. The zero-order chi connectivity index (χ0) is 12.6. The van der Waals surface area contributed by atoms with E-state index in [4.69, 9.17) is 4.84 Å². The minimum atomic E-state index is 0.130. The third kappa shape index (κ3) is 5.07. The average molecular weight is 226 g/mol. The van der Waals surface area contributed by atoms with Crippen molar-refractivity contribution in [3.05, 3.63) is 28.9 Å². The second-order valence-corrected chi connectivity index (χ2v) is 4.12. The van der Waals surface area contributed by atoms with Crippen LogP contribution in [0.25, 0.3) is 0 Å². The first-order valence-electron chi connectivity index (χ1n) is 5.63. The molecule has 4 heteroatoms. The molecule has 4 nitrogen and oxygen atoms in total. The Kier molecular flexibility index (Phi) is 7.46. The van der Waals surface area contributed by atoms with E-state index in [1.165, 1.54) is 6.42 Å². The molecule has 1 heterocycles. The molecule has 1 fully saturated rings. The minimum absolute atomic E-state index is 0.130. The smallest absolute Gasteiger partial charge is 0.149 e. The Morgan fingerprint density at radius 1 is 1.69 bits per heavy atom. The maximum absolute atomic E-state index is 9.92. The topological polar surface area (TPSA) is 50.7 Å². The van der Waals surface area contributed by atoms with Gasteiger partial charge in [-0.1, -0.05) is 45.0 Å². The molecule has 0 aromatic rings. The van der Waals surface area contributed by atoms with Crippen molar-refractivity contribution >= 4 is 0 Å². The minimum Gasteiger partial charge on any atom is -0.410 e. The van der Waals surface area contributed by atoms with Crippen molar-refractivity contribution < 1.29 is 4.84 Å². The molecule has 16 heavy (non-hydrogen) atoms. The van der Waals surface area contributed by atoms with Crippen LogP contribution in [-0.4, -0.2) is 12.6 Å². The Labute approximate surface area is 97.7 Å². The number of hydrogen-bond acceptors (Lipinski definition) is 4. The van der Waals surface area contributed by atoms with Crippen LogP contribution < -0.4 is 5.48 Å². The van der Waals surface area contributed by atoms with Crippen LogP contribution >= 0.6 is 0 Å². The number of hydroxylamine groups is 1. The fraction of sp³-hybridized carbons (Fsp3) is 0.667. The standard InChI is InChI=1S/C7H10N2O2.C5H12/c1-3-6(4-8-10)7-5(2)9-11-7;1-4-5(2)3/h3,5,9H,1,4H2,2H3;5H,4H2,1-3H3/b7-6+;. The Bertz CT molecular complexity index is 260. The van der Waals surface area contributed by atoms with E-state index < -0.39 is 0 Å². The van der Waals surface area contributed by atoms with Crippen LogP contribution in [0.1, 0.15) is 34.1 Å². The van der Waals surface area contributed by atoms with E-state index in [9.17, 15) is 4.91 Å². The van der Waals surface area contributed by atoms with Gasteiger partial charge in [0.1, 0.15) is 18.3 Å². The molecule has 1 saturated heterocycles. The number of nitroso groups, excluding NO2 is 1. The van der Waals surface area contributed by atoms with Gasteiger partial charge in [-0.05, 0) is 12.8 Å². The summed E-state index contributed by atoms with van der Waals surface area (Å²) >= 11 is 0. The number of nitrogens with zero attached hydrogens (tertiary/aromatic N) is 1. The van der Waals surface area contributed by atoms with Crippen LogP contribution in [0.5, 0.6) is 0 Å². The van der Waals surface area contributed by atoms with Gasteiger partial charge >= 0.3 is 0 Å². The van der Waals surface area contributed by atoms with Gasteiger partial charge in [-0.15, -0.1) is 5.48 Å². The van der Waals surface area contributed by atoms with Crippen molar-refractivity contribution in [2.45, 2.75) is 40.2 Å². The Morgan fingerprint density at radius 3 is 2.44 bits per heavy atom. The van der Waals surface area contributed by atoms with Crippen molar-refractivity contribution in [1.82, 2.24) is 5.48 Å². The van der Waals surface area contributed by atoms with Crippen LogP contribution in [-0.2, 0) is 4.84 Å². The lowest BCUT2D eigenvalue weighted by Crippen LogP contribution is -2.42. The Hall–Kier alpha value is -1.16. The normalized spacial score (nSPS) is 21.2. The van der Waals surface area contributed by atoms with E-state index in [2.05, 4.69) is 38.0 Å². The maximum Gasteiger partial charge on any atom is 0.149 e. The molecule has 0 aromatic heterocycles. The van der Waals surface area contributed by atoms with Gasteiger partial charge in [0.05, 0.1) is 0 Å². The predicted molar refractivity (Wildman–Crippen MR) is 66.7 cm³/mol. The Morgan fingerprint density at radius 2 is 2.25 bits per heavy atom. The van der Waals surface area contributed by atoms with Crippen molar-refractivity contribution in [1.29, 1.82) is 0 Å². The van der Waals surface area contributed by atoms with Gasteiger partial charge in [-0.2, -0.15) is 4.91 Å².